The molecule has 1 atom stereocenters. The van der Waals surface area contributed by atoms with Crippen LogP contribution in [0, 0.1) is 0 Å². The summed E-state index contributed by atoms with van der Waals surface area (Å²) >= 11 is 0. The molecule has 0 aliphatic rings. The standard InChI is InChI=1S/C16H26N2O2/c1-12(2)17-10-9-16(19)18-13(3)11-14-7-5-6-8-15(14)20-4/h5-8,12-13,17H,9-11H2,1-4H3,(H,18,19). The van der Waals surface area contributed by atoms with Gasteiger partial charge < -0.3 is 15.4 Å². The smallest absolute Gasteiger partial charge is 0.221 e. The van der Waals surface area contributed by atoms with E-state index in [4.69, 9.17) is 4.74 Å². The Bertz CT molecular complexity index is 419. The Balaban J connectivity index is 2.39. The predicted octanol–water partition coefficient (Wildman–Crippen LogP) is 2.13. The van der Waals surface area contributed by atoms with Gasteiger partial charge in [-0.1, -0.05) is 32.0 Å². The van der Waals surface area contributed by atoms with Crippen molar-refractivity contribution in [3.05, 3.63) is 29.8 Å². The average molecular weight is 278 g/mol. The Morgan fingerprint density at radius 1 is 1.25 bits per heavy atom. The van der Waals surface area contributed by atoms with Crippen LogP contribution in [-0.4, -0.2) is 31.6 Å². The molecule has 0 saturated heterocycles. The lowest BCUT2D eigenvalue weighted by atomic mass is 10.1. The van der Waals surface area contributed by atoms with Crippen molar-refractivity contribution in [1.29, 1.82) is 0 Å². The van der Waals surface area contributed by atoms with Crippen molar-refractivity contribution in [3.8, 4) is 5.75 Å². The van der Waals surface area contributed by atoms with E-state index in [1.165, 1.54) is 0 Å². The minimum Gasteiger partial charge on any atom is -0.496 e. The molecule has 1 aromatic carbocycles. The molecular formula is C16H26N2O2. The maximum atomic E-state index is 11.8. The molecule has 4 heteroatoms. The Labute approximate surface area is 121 Å². The Kier molecular flexibility index (Phi) is 7.09. The fourth-order valence-corrected chi connectivity index (χ4v) is 2.07. The number of amides is 1. The molecule has 4 nitrogen and oxygen atoms in total. The first-order chi connectivity index (χ1) is 9.52. The molecule has 0 bridgehead atoms. The molecule has 1 aromatic rings. The van der Waals surface area contributed by atoms with Gasteiger partial charge >= 0.3 is 0 Å². The first-order valence-corrected chi connectivity index (χ1v) is 7.17. The zero-order chi connectivity index (χ0) is 15.0. The van der Waals surface area contributed by atoms with Crippen LogP contribution in [0.1, 0.15) is 32.8 Å². The van der Waals surface area contributed by atoms with Crippen molar-refractivity contribution in [1.82, 2.24) is 10.6 Å². The minimum absolute atomic E-state index is 0.0838. The monoisotopic (exact) mass is 278 g/mol. The van der Waals surface area contributed by atoms with Crippen LogP contribution in [0.15, 0.2) is 24.3 Å². The zero-order valence-corrected chi connectivity index (χ0v) is 12.9. The van der Waals surface area contributed by atoms with Crippen LogP contribution in [0.2, 0.25) is 0 Å². The molecule has 2 N–H and O–H groups in total. The lowest BCUT2D eigenvalue weighted by molar-refractivity contribution is -0.121. The normalized spacial score (nSPS) is 12.2. The number of methoxy groups -OCH3 is 1. The topological polar surface area (TPSA) is 50.4 Å². The van der Waals surface area contributed by atoms with Crippen molar-refractivity contribution >= 4 is 5.91 Å². The van der Waals surface area contributed by atoms with E-state index >= 15 is 0 Å². The van der Waals surface area contributed by atoms with Gasteiger partial charge in [0.25, 0.3) is 0 Å². The van der Waals surface area contributed by atoms with Gasteiger partial charge in [0.05, 0.1) is 7.11 Å². The molecule has 0 spiro atoms. The summed E-state index contributed by atoms with van der Waals surface area (Å²) < 4.78 is 5.32. The van der Waals surface area contributed by atoms with Gasteiger partial charge in [0.1, 0.15) is 5.75 Å². The van der Waals surface area contributed by atoms with E-state index in [0.29, 0.717) is 19.0 Å². The van der Waals surface area contributed by atoms with E-state index in [1.54, 1.807) is 7.11 Å². The Morgan fingerprint density at radius 3 is 2.60 bits per heavy atom. The van der Waals surface area contributed by atoms with Gasteiger partial charge in [-0.25, -0.2) is 0 Å². The van der Waals surface area contributed by atoms with Gasteiger partial charge in [0, 0.05) is 25.0 Å². The second kappa shape index (κ2) is 8.59. The van der Waals surface area contributed by atoms with Gasteiger partial charge in [-0.05, 0) is 25.0 Å². The number of benzene rings is 1. The molecule has 1 unspecified atom stereocenters. The second-order valence-electron chi connectivity index (χ2n) is 5.34. The highest BCUT2D eigenvalue weighted by Gasteiger charge is 2.10. The zero-order valence-electron chi connectivity index (χ0n) is 12.9. The van der Waals surface area contributed by atoms with Crippen LogP contribution < -0.4 is 15.4 Å². The molecule has 0 saturated carbocycles. The molecular weight excluding hydrogens is 252 g/mol. The molecule has 112 valence electrons. The molecule has 0 fully saturated rings. The van der Waals surface area contributed by atoms with Gasteiger partial charge in [-0.15, -0.1) is 0 Å². The number of carbonyl (C=O) groups is 1. The van der Waals surface area contributed by atoms with Crippen LogP contribution in [0.3, 0.4) is 0 Å². The fraction of sp³-hybridized carbons (Fsp3) is 0.562. The minimum atomic E-state index is 0.0838. The van der Waals surface area contributed by atoms with Crippen LogP contribution >= 0.6 is 0 Å². The summed E-state index contributed by atoms with van der Waals surface area (Å²) in [6.07, 6.45) is 1.28. The molecule has 0 aromatic heterocycles. The van der Waals surface area contributed by atoms with E-state index in [-0.39, 0.29) is 11.9 Å². The Hall–Kier alpha value is -1.55. The third-order valence-corrected chi connectivity index (χ3v) is 3.03. The van der Waals surface area contributed by atoms with E-state index < -0.39 is 0 Å². The molecule has 0 radical (unpaired) electrons. The first kappa shape index (κ1) is 16.5. The van der Waals surface area contributed by atoms with Crippen molar-refractivity contribution in [2.75, 3.05) is 13.7 Å². The predicted molar refractivity (Wildman–Crippen MR) is 82.1 cm³/mol. The summed E-state index contributed by atoms with van der Waals surface area (Å²) in [6.45, 7) is 6.87. The van der Waals surface area contributed by atoms with Crippen molar-refractivity contribution in [2.45, 2.75) is 45.7 Å². The van der Waals surface area contributed by atoms with Gasteiger partial charge in [0.2, 0.25) is 5.91 Å². The number of hydrogen-bond acceptors (Lipinski definition) is 3. The van der Waals surface area contributed by atoms with E-state index in [2.05, 4.69) is 24.5 Å². The van der Waals surface area contributed by atoms with Crippen molar-refractivity contribution < 1.29 is 9.53 Å². The van der Waals surface area contributed by atoms with Crippen molar-refractivity contribution in [3.63, 3.8) is 0 Å². The summed E-state index contributed by atoms with van der Waals surface area (Å²) in [5, 5.41) is 6.26. The first-order valence-electron chi connectivity index (χ1n) is 7.17. The number of nitrogens with one attached hydrogen (secondary N) is 2. The highest BCUT2D eigenvalue weighted by Crippen LogP contribution is 2.18. The number of para-hydroxylation sites is 1. The Morgan fingerprint density at radius 2 is 1.95 bits per heavy atom. The lowest BCUT2D eigenvalue weighted by Gasteiger charge is -2.16. The van der Waals surface area contributed by atoms with Gasteiger partial charge in [0.15, 0.2) is 0 Å². The number of carbonyl (C=O) groups excluding carboxylic acids is 1. The van der Waals surface area contributed by atoms with Crippen LogP contribution in [0.5, 0.6) is 5.75 Å². The molecule has 20 heavy (non-hydrogen) atoms. The summed E-state index contributed by atoms with van der Waals surface area (Å²) in [5.41, 5.74) is 1.11. The number of ether oxygens (including phenoxy) is 1. The molecule has 0 aliphatic heterocycles. The summed E-state index contributed by atoms with van der Waals surface area (Å²) in [5.74, 6) is 0.954. The van der Waals surface area contributed by atoms with Crippen LogP contribution in [0.25, 0.3) is 0 Å². The third-order valence-electron chi connectivity index (χ3n) is 3.03. The molecule has 1 amide bonds. The van der Waals surface area contributed by atoms with Crippen LogP contribution in [0.4, 0.5) is 0 Å². The van der Waals surface area contributed by atoms with Crippen molar-refractivity contribution in [2.24, 2.45) is 0 Å². The van der Waals surface area contributed by atoms with Gasteiger partial charge in [-0.2, -0.15) is 0 Å². The van der Waals surface area contributed by atoms with E-state index in [9.17, 15) is 4.79 Å². The quantitative estimate of drug-likeness (QED) is 0.766. The van der Waals surface area contributed by atoms with E-state index in [0.717, 1.165) is 17.7 Å². The summed E-state index contributed by atoms with van der Waals surface area (Å²) in [6, 6.07) is 8.41. The summed E-state index contributed by atoms with van der Waals surface area (Å²) in [4.78, 5) is 11.8. The number of rotatable bonds is 8. The third kappa shape index (κ3) is 6.06. The lowest BCUT2D eigenvalue weighted by Crippen LogP contribution is -2.36. The molecule has 1 rings (SSSR count). The second-order valence-corrected chi connectivity index (χ2v) is 5.34. The van der Waals surface area contributed by atoms with E-state index in [1.807, 2.05) is 31.2 Å². The highest BCUT2D eigenvalue weighted by molar-refractivity contribution is 5.76. The average Bonchev–Trinajstić information content (AvgIpc) is 2.38. The maximum absolute atomic E-state index is 11.8. The SMILES string of the molecule is COc1ccccc1CC(C)NC(=O)CCNC(C)C. The molecule has 0 aliphatic carbocycles. The maximum Gasteiger partial charge on any atom is 0.221 e. The largest absolute Gasteiger partial charge is 0.496 e. The molecule has 0 heterocycles. The fourth-order valence-electron chi connectivity index (χ4n) is 2.07. The summed E-state index contributed by atoms with van der Waals surface area (Å²) in [7, 11) is 1.67. The number of hydrogen-bond donors (Lipinski definition) is 2. The highest BCUT2D eigenvalue weighted by atomic mass is 16.5. The van der Waals surface area contributed by atoms with Gasteiger partial charge in [-0.3, -0.25) is 4.79 Å². The van der Waals surface area contributed by atoms with Crippen LogP contribution in [-0.2, 0) is 11.2 Å².